The number of aromatic amines is 1. The van der Waals surface area contributed by atoms with E-state index in [-0.39, 0.29) is 44.3 Å². The fourth-order valence-corrected chi connectivity index (χ4v) is 5.57. The Hall–Kier alpha value is -2.42. The van der Waals surface area contributed by atoms with Gasteiger partial charge in [-0.15, -0.1) is 0 Å². The summed E-state index contributed by atoms with van der Waals surface area (Å²) >= 11 is 0. The molecule has 9 nitrogen and oxygen atoms in total. The van der Waals surface area contributed by atoms with Crippen molar-refractivity contribution in [3.05, 3.63) is 18.2 Å². The highest BCUT2D eigenvalue weighted by molar-refractivity contribution is 5.74. The quantitative estimate of drug-likeness (QED) is 0.0598. The summed E-state index contributed by atoms with van der Waals surface area (Å²) < 4.78 is 10.9. The molecule has 0 aromatic carbocycles. The molecule has 0 fully saturated rings. The van der Waals surface area contributed by atoms with E-state index < -0.39 is 12.0 Å². The van der Waals surface area contributed by atoms with Crippen LogP contribution in [0.25, 0.3) is 0 Å². The van der Waals surface area contributed by atoms with E-state index in [1.807, 2.05) is 0 Å². The molecule has 260 valence electrons. The van der Waals surface area contributed by atoms with Gasteiger partial charge in [-0.2, -0.15) is 0 Å². The molecular weight excluding hydrogens is 570 g/mol. The van der Waals surface area contributed by atoms with Gasteiger partial charge >= 0.3 is 17.9 Å². The molecule has 1 aromatic heterocycles. The standard InChI is InChI=1S/C36H65N3O6/c1-3-5-7-9-11-13-15-17-19-21-27-44-34(40)23-25-39(33(36(42)43)29-32-30-37-31-38-32)26-24-35(41)45-28-22-20-18-16-14-12-10-8-6-4-2/h30-31,33H,3-29H2,1-2H3,(H,37,38)(H,42,43). The molecule has 45 heavy (non-hydrogen) atoms. The third-order valence-electron chi connectivity index (χ3n) is 8.42. The van der Waals surface area contributed by atoms with Gasteiger partial charge < -0.3 is 19.6 Å². The largest absolute Gasteiger partial charge is 0.480 e. The first kappa shape index (κ1) is 40.6. The first-order valence-corrected chi connectivity index (χ1v) is 18.2. The van der Waals surface area contributed by atoms with Crippen LogP contribution in [0.1, 0.15) is 161 Å². The van der Waals surface area contributed by atoms with Crippen LogP contribution in [0.4, 0.5) is 0 Å². The second-order valence-corrected chi connectivity index (χ2v) is 12.5. The normalized spacial score (nSPS) is 12.0. The average Bonchev–Trinajstić information content (AvgIpc) is 3.55. The number of carbonyl (C=O) groups excluding carboxylic acids is 2. The number of H-pyrrole nitrogens is 1. The third kappa shape index (κ3) is 23.6. The Balaban J connectivity index is 2.35. The number of imidazole rings is 1. The highest BCUT2D eigenvalue weighted by atomic mass is 16.5. The minimum atomic E-state index is -1.01. The smallest absolute Gasteiger partial charge is 0.321 e. The number of aromatic nitrogens is 2. The highest BCUT2D eigenvalue weighted by Gasteiger charge is 2.27. The summed E-state index contributed by atoms with van der Waals surface area (Å²) in [5.41, 5.74) is 0.680. The first-order chi connectivity index (χ1) is 22.0. The van der Waals surface area contributed by atoms with Gasteiger partial charge in [0.25, 0.3) is 0 Å². The van der Waals surface area contributed by atoms with Crippen molar-refractivity contribution in [2.75, 3.05) is 26.3 Å². The molecule has 1 aromatic rings. The summed E-state index contributed by atoms with van der Waals surface area (Å²) in [6.45, 7) is 5.62. The number of carboxylic acids is 1. The number of nitrogens with zero attached hydrogens (tertiary/aromatic N) is 2. The Bertz CT molecular complexity index is 806. The van der Waals surface area contributed by atoms with E-state index in [4.69, 9.17) is 9.47 Å². The van der Waals surface area contributed by atoms with Gasteiger partial charge in [0, 0.05) is 31.4 Å². The molecule has 9 heteroatoms. The summed E-state index contributed by atoms with van der Waals surface area (Å²) in [5.74, 6) is -1.70. The van der Waals surface area contributed by atoms with Crippen LogP contribution < -0.4 is 0 Å². The lowest BCUT2D eigenvalue weighted by atomic mass is 10.1. The Morgan fingerprint density at radius 2 is 1.09 bits per heavy atom. The number of unbranched alkanes of at least 4 members (excludes halogenated alkanes) is 18. The fourth-order valence-electron chi connectivity index (χ4n) is 5.57. The molecule has 0 amide bonds. The van der Waals surface area contributed by atoms with Crippen LogP contribution in [0, 0.1) is 0 Å². The van der Waals surface area contributed by atoms with E-state index in [1.54, 1.807) is 11.1 Å². The topological polar surface area (TPSA) is 122 Å². The molecule has 1 unspecified atom stereocenters. The number of hydrogen-bond donors (Lipinski definition) is 2. The molecule has 0 saturated heterocycles. The lowest BCUT2D eigenvalue weighted by Crippen LogP contribution is -2.45. The number of hydrogen-bond acceptors (Lipinski definition) is 7. The van der Waals surface area contributed by atoms with Gasteiger partial charge in [-0.3, -0.25) is 19.3 Å². The maximum absolute atomic E-state index is 12.5. The zero-order valence-electron chi connectivity index (χ0n) is 28.7. The van der Waals surface area contributed by atoms with Crippen molar-refractivity contribution in [2.45, 2.75) is 168 Å². The van der Waals surface area contributed by atoms with Gasteiger partial charge in [0.05, 0.1) is 32.4 Å². The van der Waals surface area contributed by atoms with Gasteiger partial charge in [0.2, 0.25) is 0 Å². The van der Waals surface area contributed by atoms with Gasteiger partial charge in [-0.05, 0) is 12.8 Å². The Labute approximate surface area is 273 Å². The Morgan fingerprint density at radius 1 is 0.689 bits per heavy atom. The highest BCUT2D eigenvalue weighted by Crippen LogP contribution is 2.13. The van der Waals surface area contributed by atoms with Gasteiger partial charge in [-0.1, -0.05) is 129 Å². The van der Waals surface area contributed by atoms with E-state index in [2.05, 4.69) is 23.8 Å². The van der Waals surface area contributed by atoms with Crippen molar-refractivity contribution in [3.8, 4) is 0 Å². The fraction of sp³-hybridized carbons (Fsp3) is 0.833. The molecular formula is C36H65N3O6. The number of carboxylic acid groups (broad SMARTS) is 1. The minimum Gasteiger partial charge on any atom is -0.480 e. The van der Waals surface area contributed by atoms with Crippen LogP contribution in [0.5, 0.6) is 0 Å². The van der Waals surface area contributed by atoms with E-state index in [1.165, 1.54) is 96.2 Å². The van der Waals surface area contributed by atoms with Crippen molar-refractivity contribution in [3.63, 3.8) is 0 Å². The molecule has 1 rings (SSSR count). The van der Waals surface area contributed by atoms with Crippen molar-refractivity contribution in [1.29, 1.82) is 0 Å². The number of carbonyl (C=O) groups is 3. The van der Waals surface area contributed by atoms with Crippen LogP contribution in [-0.4, -0.2) is 70.2 Å². The minimum absolute atomic E-state index is 0.0676. The lowest BCUT2D eigenvalue weighted by molar-refractivity contribution is -0.149. The van der Waals surface area contributed by atoms with Crippen molar-refractivity contribution in [2.24, 2.45) is 0 Å². The molecule has 0 aliphatic carbocycles. The Morgan fingerprint density at radius 3 is 1.44 bits per heavy atom. The van der Waals surface area contributed by atoms with Crippen LogP contribution >= 0.6 is 0 Å². The van der Waals surface area contributed by atoms with E-state index in [0.717, 1.165) is 38.5 Å². The summed E-state index contributed by atoms with van der Waals surface area (Å²) in [6, 6.07) is -0.907. The zero-order valence-corrected chi connectivity index (χ0v) is 28.7. The summed E-state index contributed by atoms with van der Waals surface area (Å²) in [5, 5.41) is 10.00. The molecule has 2 N–H and O–H groups in total. The second kappa shape index (κ2) is 29.0. The number of ether oxygens (including phenoxy) is 2. The van der Waals surface area contributed by atoms with E-state index >= 15 is 0 Å². The molecule has 0 aliphatic rings. The average molecular weight is 636 g/mol. The van der Waals surface area contributed by atoms with Crippen LogP contribution in [-0.2, 0) is 30.3 Å². The molecule has 1 atom stereocenters. The molecule has 0 spiro atoms. The van der Waals surface area contributed by atoms with Crippen LogP contribution in [0.15, 0.2) is 12.5 Å². The maximum Gasteiger partial charge on any atom is 0.321 e. The number of nitrogens with one attached hydrogen (secondary N) is 1. The number of aliphatic carboxylic acids is 1. The monoisotopic (exact) mass is 635 g/mol. The molecule has 0 saturated carbocycles. The summed E-state index contributed by atoms with van der Waals surface area (Å²) in [6.07, 6.45) is 27.7. The third-order valence-corrected chi connectivity index (χ3v) is 8.42. The second-order valence-electron chi connectivity index (χ2n) is 12.5. The van der Waals surface area contributed by atoms with Crippen molar-refractivity contribution >= 4 is 17.9 Å². The SMILES string of the molecule is CCCCCCCCCCCCOC(=O)CCN(CCC(=O)OCCCCCCCCCCCC)C(Cc1cnc[nH]1)C(=O)O. The van der Waals surface area contributed by atoms with E-state index in [9.17, 15) is 19.5 Å². The van der Waals surface area contributed by atoms with E-state index in [0.29, 0.717) is 18.9 Å². The van der Waals surface area contributed by atoms with Gasteiger partial charge in [0.15, 0.2) is 0 Å². The van der Waals surface area contributed by atoms with Gasteiger partial charge in [0.1, 0.15) is 6.04 Å². The lowest BCUT2D eigenvalue weighted by Gasteiger charge is -2.28. The van der Waals surface area contributed by atoms with Crippen molar-refractivity contribution in [1.82, 2.24) is 14.9 Å². The van der Waals surface area contributed by atoms with Crippen LogP contribution in [0.2, 0.25) is 0 Å². The maximum atomic E-state index is 12.5. The first-order valence-electron chi connectivity index (χ1n) is 18.2. The summed E-state index contributed by atoms with van der Waals surface area (Å²) in [7, 11) is 0. The Kier molecular flexibility index (Phi) is 26.2. The molecule has 0 bridgehead atoms. The summed E-state index contributed by atoms with van der Waals surface area (Å²) in [4.78, 5) is 45.8. The predicted molar refractivity (Wildman–Crippen MR) is 180 cm³/mol. The molecule has 0 radical (unpaired) electrons. The molecule has 1 heterocycles. The van der Waals surface area contributed by atoms with Gasteiger partial charge in [-0.25, -0.2) is 4.98 Å². The molecule has 0 aliphatic heterocycles. The van der Waals surface area contributed by atoms with Crippen molar-refractivity contribution < 1.29 is 29.0 Å². The van der Waals surface area contributed by atoms with Crippen LogP contribution in [0.3, 0.4) is 0 Å². The zero-order chi connectivity index (χ0) is 32.8. The number of esters is 2. The number of rotatable bonds is 32. The predicted octanol–water partition coefficient (Wildman–Crippen LogP) is 8.42.